The number of amides is 3. The first kappa shape index (κ1) is 35.7. The van der Waals surface area contributed by atoms with Crippen LogP contribution in [0.5, 0.6) is 11.5 Å². The van der Waals surface area contributed by atoms with Gasteiger partial charge in [0.25, 0.3) is 0 Å². The van der Waals surface area contributed by atoms with Crippen LogP contribution in [0.25, 0.3) is 0 Å². The van der Waals surface area contributed by atoms with Gasteiger partial charge in [0.2, 0.25) is 16.8 Å². The molecule has 2 aromatic carbocycles. The number of aliphatic hydroxyl groups is 1. The van der Waals surface area contributed by atoms with Crippen molar-refractivity contribution in [2.45, 2.75) is 62.5 Å². The maximum Gasteiger partial charge on any atom is 0.407 e. The SMILES string of the molecule is CN(C)C(=O)NCCC(C)(C)CN(C[C@@H](O)[C@H](Cc1ccccc1)NC(=O)O[C@H]1CO[C@H]2OCC[C@H]21)S(=O)(=O)c1ccc2c(c1)OCO2. The van der Waals surface area contributed by atoms with Crippen LogP contribution in [0, 0.1) is 11.3 Å². The van der Waals surface area contributed by atoms with Crippen molar-refractivity contribution in [1.29, 1.82) is 0 Å². The van der Waals surface area contributed by atoms with Gasteiger partial charge in [-0.15, -0.1) is 0 Å². The highest BCUT2D eigenvalue weighted by Gasteiger charge is 2.44. The summed E-state index contributed by atoms with van der Waals surface area (Å²) in [5.74, 6) is 0.672. The quantitative estimate of drug-likeness (QED) is 0.268. The number of alkyl carbamates (subject to hydrolysis) is 1. The maximum absolute atomic E-state index is 14.3. The molecule has 3 N–H and O–H groups in total. The lowest BCUT2D eigenvalue weighted by Gasteiger charge is -2.35. The second-order valence-electron chi connectivity index (χ2n) is 13.3. The first-order valence-electron chi connectivity index (χ1n) is 16.1. The summed E-state index contributed by atoms with van der Waals surface area (Å²) in [6.07, 6.45) is -1.60. The van der Waals surface area contributed by atoms with Crippen molar-refractivity contribution in [2.75, 3.05) is 53.7 Å². The Morgan fingerprint density at radius 1 is 1.08 bits per heavy atom. The molecule has 3 heterocycles. The van der Waals surface area contributed by atoms with Crippen LogP contribution in [0.2, 0.25) is 0 Å². The van der Waals surface area contributed by atoms with Crippen molar-refractivity contribution in [3.63, 3.8) is 0 Å². The van der Waals surface area contributed by atoms with E-state index < -0.39 is 46.1 Å². The lowest BCUT2D eigenvalue weighted by Crippen LogP contribution is -2.52. The van der Waals surface area contributed by atoms with Crippen molar-refractivity contribution in [1.82, 2.24) is 19.8 Å². The highest BCUT2D eigenvalue weighted by molar-refractivity contribution is 7.89. The number of sulfonamides is 1. The minimum Gasteiger partial charge on any atom is -0.454 e. The highest BCUT2D eigenvalue weighted by Crippen LogP contribution is 2.36. The molecule has 0 aliphatic carbocycles. The van der Waals surface area contributed by atoms with Crippen molar-refractivity contribution in [3.8, 4) is 11.5 Å². The Morgan fingerprint density at radius 3 is 2.58 bits per heavy atom. The van der Waals surface area contributed by atoms with Crippen LogP contribution >= 0.6 is 0 Å². The van der Waals surface area contributed by atoms with Crippen LogP contribution in [-0.2, 0) is 30.7 Å². The van der Waals surface area contributed by atoms with Gasteiger partial charge in [0, 0.05) is 39.8 Å². The summed E-state index contributed by atoms with van der Waals surface area (Å²) in [5, 5.41) is 17.4. The third-order valence-corrected chi connectivity index (χ3v) is 10.6. The second-order valence-corrected chi connectivity index (χ2v) is 15.3. The minimum absolute atomic E-state index is 0.00363. The molecule has 2 fully saturated rings. The average Bonchev–Trinajstić information content (AvgIpc) is 3.79. The van der Waals surface area contributed by atoms with Gasteiger partial charge < -0.3 is 44.3 Å². The van der Waals surface area contributed by atoms with Crippen molar-refractivity contribution >= 4 is 22.1 Å². The Morgan fingerprint density at radius 2 is 1.83 bits per heavy atom. The Bertz CT molecular complexity index is 1520. The Labute approximate surface area is 281 Å². The van der Waals surface area contributed by atoms with E-state index in [4.69, 9.17) is 23.7 Å². The number of aliphatic hydroxyl groups excluding tert-OH is 1. The maximum atomic E-state index is 14.3. The standard InChI is InChI=1S/C33H46N4O10S/c1-33(2,13-14-34-31(39)36(3)4)20-37(48(41,42)23-10-11-27-28(17-23)46-21-45-27)18-26(38)25(16-22-8-6-5-7-9-22)35-32(40)47-29-19-44-30-24(29)12-15-43-30/h5-11,17,24-26,29-30,38H,12-16,18-21H2,1-4H3,(H,34,39)(H,35,40)/t24-,25-,26+,29-,30+/m0/s1. The lowest BCUT2D eigenvalue weighted by atomic mass is 9.89. The molecule has 0 spiro atoms. The van der Waals surface area contributed by atoms with E-state index in [1.165, 1.54) is 27.4 Å². The zero-order chi connectivity index (χ0) is 34.5. The molecule has 3 aliphatic rings. The predicted octanol–water partition coefficient (Wildman–Crippen LogP) is 2.55. The van der Waals surface area contributed by atoms with Gasteiger partial charge in [-0.1, -0.05) is 44.2 Å². The van der Waals surface area contributed by atoms with E-state index in [9.17, 15) is 23.1 Å². The molecule has 0 unspecified atom stereocenters. The molecule has 0 radical (unpaired) electrons. The van der Waals surface area contributed by atoms with Crippen molar-refractivity contribution in [2.24, 2.45) is 11.3 Å². The minimum atomic E-state index is -4.20. The molecule has 15 heteroatoms. The van der Waals surface area contributed by atoms with Crippen molar-refractivity contribution in [3.05, 3.63) is 54.1 Å². The van der Waals surface area contributed by atoms with Crippen LogP contribution in [0.1, 0.15) is 32.3 Å². The summed E-state index contributed by atoms with van der Waals surface area (Å²) in [5.41, 5.74) is 0.198. The summed E-state index contributed by atoms with van der Waals surface area (Å²) in [7, 11) is -0.926. The van der Waals surface area contributed by atoms with E-state index in [0.717, 1.165) is 5.56 Å². The second kappa shape index (κ2) is 15.3. The normalized spacial score (nSPS) is 21.4. The van der Waals surface area contributed by atoms with E-state index in [-0.39, 0.29) is 49.8 Å². The number of hydrogen-bond acceptors (Lipinski definition) is 10. The topological polar surface area (TPSA) is 165 Å². The molecule has 48 heavy (non-hydrogen) atoms. The van der Waals surface area contributed by atoms with Gasteiger partial charge in [0.1, 0.15) is 6.10 Å². The summed E-state index contributed by atoms with van der Waals surface area (Å²) in [6.45, 7) is 4.48. The van der Waals surface area contributed by atoms with Crippen LogP contribution in [0.3, 0.4) is 0 Å². The molecule has 2 aromatic rings. The van der Waals surface area contributed by atoms with Crippen LogP contribution < -0.4 is 20.1 Å². The fraction of sp³-hybridized carbons (Fsp3) is 0.576. The van der Waals surface area contributed by atoms with E-state index in [1.807, 2.05) is 44.2 Å². The number of hydrogen-bond donors (Lipinski definition) is 3. The van der Waals surface area contributed by atoms with Gasteiger partial charge in [-0.3, -0.25) is 0 Å². The molecule has 3 aliphatic heterocycles. The number of fused-ring (bicyclic) bond motifs is 2. The Hall–Kier alpha value is -3.63. The first-order chi connectivity index (χ1) is 22.8. The fourth-order valence-corrected chi connectivity index (χ4v) is 7.68. The number of ether oxygens (including phenoxy) is 5. The molecule has 2 saturated heterocycles. The molecule has 0 aromatic heterocycles. The number of nitrogens with zero attached hydrogens (tertiary/aromatic N) is 2. The van der Waals surface area contributed by atoms with Crippen LogP contribution in [-0.4, -0.2) is 113 Å². The van der Waals surface area contributed by atoms with Gasteiger partial charge in [-0.05, 0) is 42.4 Å². The molecule has 0 bridgehead atoms. The van der Waals surface area contributed by atoms with E-state index in [1.54, 1.807) is 14.1 Å². The van der Waals surface area contributed by atoms with Crippen LogP contribution in [0.15, 0.2) is 53.4 Å². The monoisotopic (exact) mass is 690 g/mol. The van der Waals surface area contributed by atoms with E-state index >= 15 is 0 Å². The van der Waals surface area contributed by atoms with Crippen LogP contribution in [0.4, 0.5) is 9.59 Å². The molecule has 0 saturated carbocycles. The summed E-state index contributed by atoms with van der Waals surface area (Å²) in [6, 6.07) is 12.5. The third kappa shape index (κ3) is 8.88. The summed E-state index contributed by atoms with van der Waals surface area (Å²) in [4.78, 5) is 26.7. The molecular formula is C33H46N4O10S. The smallest absolute Gasteiger partial charge is 0.407 e. The number of rotatable bonds is 14. The third-order valence-electron chi connectivity index (χ3n) is 8.77. The number of carbonyl (C=O) groups excluding carboxylic acids is 2. The number of benzene rings is 2. The number of carbonyl (C=O) groups is 2. The van der Waals surface area contributed by atoms with Gasteiger partial charge >= 0.3 is 12.1 Å². The zero-order valence-electron chi connectivity index (χ0n) is 27.8. The fourth-order valence-electron chi connectivity index (χ4n) is 6.01. The largest absolute Gasteiger partial charge is 0.454 e. The summed E-state index contributed by atoms with van der Waals surface area (Å²) >= 11 is 0. The molecule has 14 nitrogen and oxygen atoms in total. The molecular weight excluding hydrogens is 644 g/mol. The average molecular weight is 691 g/mol. The number of nitrogens with one attached hydrogen (secondary N) is 2. The Kier molecular flexibility index (Phi) is 11.4. The summed E-state index contributed by atoms with van der Waals surface area (Å²) < 4.78 is 57.4. The van der Waals surface area contributed by atoms with E-state index in [2.05, 4.69) is 10.6 Å². The molecule has 3 amide bonds. The Balaban J connectivity index is 1.36. The van der Waals surface area contributed by atoms with Gasteiger partial charge in [-0.25, -0.2) is 18.0 Å². The molecule has 264 valence electrons. The van der Waals surface area contributed by atoms with Gasteiger partial charge in [-0.2, -0.15) is 4.31 Å². The van der Waals surface area contributed by atoms with Gasteiger partial charge in [0.15, 0.2) is 17.8 Å². The van der Waals surface area contributed by atoms with Crippen molar-refractivity contribution < 1.29 is 46.8 Å². The number of urea groups is 1. The predicted molar refractivity (Wildman–Crippen MR) is 174 cm³/mol. The highest BCUT2D eigenvalue weighted by atomic mass is 32.2. The van der Waals surface area contributed by atoms with Gasteiger partial charge in [0.05, 0.1) is 36.2 Å². The molecule has 5 rings (SSSR count). The zero-order valence-corrected chi connectivity index (χ0v) is 28.6. The molecule has 5 atom stereocenters. The lowest BCUT2D eigenvalue weighted by molar-refractivity contribution is -0.0907. The first-order valence-corrected chi connectivity index (χ1v) is 17.5. The van der Waals surface area contributed by atoms with E-state index in [0.29, 0.717) is 37.5 Å².